The van der Waals surface area contributed by atoms with Crippen molar-refractivity contribution in [3.63, 3.8) is 0 Å². The Hall–Kier alpha value is -3.04. The summed E-state index contributed by atoms with van der Waals surface area (Å²) in [5, 5.41) is 5.08. The van der Waals surface area contributed by atoms with Crippen LogP contribution < -0.4 is 10.3 Å². The van der Waals surface area contributed by atoms with Crippen LogP contribution in [0.2, 0.25) is 0 Å². The second kappa shape index (κ2) is 6.84. The predicted molar refractivity (Wildman–Crippen MR) is 110 cm³/mol. The molecule has 7 nitrogen and oxygen atoms in total. The van der Waals surface area contributed by atoms with Crippen molar-refractivity contribution in [3.05, 3.63) is 70.0 Å². The van der Waals surface area contributed by atoms with E-state index < -0.39 is 10.0 Å². The summed E-state index contributed by atoms with van der Waals surface area (Å²) < 4.78 is 30.1. The molecule has 9 heteroatoms. The zero-order valence-electron chi connectivity index (χ0n) is 15.1. The minimum absolute atomic E-state index is 0.187. The van der Waals surface area contributed by atoms with Gasteiger partial charge in [-0.25, -0.2) is 18.1 Å². The summed E-state index contributed by atoms with van der Waals surface area (Å²) in [6.07, 6.45) is 0. The molecular formula is C19H16N4O3S2. The summed E-state index contributed by atoms with van der Waals surface area (Å²) in [6.45, 7) is 1.89. The van der Waals surface area contributed by atoms with Gasteiger partial charge in [-0.1, -0.05) is 12.1 Å². The largest absolute Gasteiger partial charge is 0.280 e. The van der Waals surface area contributed by atoms with E-state index in [1.807, 2.05) is 6.92 Å². The Morgan fingerprint density at radius 2 is 1.79 bits per heavy atom. The molecule has 1 N–H and O–H groups in total. The SMILES string of the molecule is Cc1nc2ccc(S(=O)(=O)Nc3ccc(-c4ccc(=O)n(C)n4)cc3)cc2s1. The van der Waals surface area contributed by atoms with E-state index >= 15 is 0 Å². The molecule has 4 aromatic rings. The van der Waals surface area contributed by atoms with Crippen LogP contribution >= 0.6 is 11.3 Å². The molecule has 142 valence electrons. The lowest BCUT2D eigenvalue weighted by Crippen LogP contribution is -2.18. The number of benzene rings is 2. The zero-order valence-corrected chi connectivity index (χ0v) is 16.7. The molecule has 0 saturated carbocycles. The highest BCUT2D eigenvalue weighted by molar-refractivity contribution is 7.92. The van der Waals surface area contributed by atoms with Gasteiger partial charge in [0.1, 0.15) is 0 Å². The van der Waals surface area contributed by atoms with Crippen molar-refractivity contribution in [1.82, 2.24) is 14.8 Å². The molecule has 0 aliphatic carbocycles. The van der Waals surface area contributed by atoms with E-state index in [0.29, 0.717) is 11.4 Å². The normalized spacial score (nSPS) is 11.6. The van der Waals surface area contributed by atoms with Crippen LogP contribution in [0, 0.1) is 6.92 Å². The number of thiazole rings is 1. The van der Waals surface area contributed by atoms with Crippen molar-refractivity contribution in [2.24, 2.45) is 7.05 Å². The van der Waals surface area contributed by atoms with Crippen LogP contribution in [0.15, 0.2) is 64.3 Å². The first-order chi connectivity index (χ1) is 13.3. The first-order valence-corrected chi connectivity index (χ1v) is 10.7. The molecule has 0 spiro atoms. The molecule has 2 aromatic carbocycles. The van der Waals surface area contributed by atoms with Gasteiger partial charge in [-0.15, -0.1) is 11.3 Å². The third-order valence-electron chi connectivity index (χ3n) is 4.17. The zero-order chi connectivity index (χ0) is 19.9. The number of hydrogen-bond acceptors (Lipinski definition) is 6. The van der Waals surface area contributed by atoms with E-state index in [1.54, 1.807) is 55.6 Å². The minimum atomic E-state index is -3.72. The van der Waals surface area contributed by atoms with Crippen molar-refractivity contribution < 1.29 is 8.42 Å². The molecule has 0 bridgehead atoms. The van der Waals surface area contributed by atoms with Crippen LogP contribution in [0.1, 0.15) is 5.01 Å². The molecule has 28 heavy (non-hydrogen) atoms. The Labute approximate surface area is 165 Å². The Balaban J connectivity index is 1.60. The van der Waals surface area contributed by atoms with Gasteiger partial charge in [-0.3, -0.25) is 9.52 Å². The molecule has 0 aliphatic heterocycles. The Kier molecular flexibility index (Phi) is 4.48. The van der Waals surface area contributed by atoms with Gasteiger partial charge in [0.05, 0.1) is 25.8 Å². The van der Waals surface area contributed by atoms with Crippen molar-refractivity contribution in [2.45, 2.75) is 11.8 Å². The first-order valence-electron chi connectivity index (χ1n) is 8.37. The Bertz CT molecular complexity index is 1340. The predicted octanol–water partition coefficient (Wildman–Crippen LogP) is 3.17. The average molecular weight is 412 g/mol. The standard InChI is InChI=1S/C19H16N4O3S2/c1-12-20-17-8-7-15(11-18(17)27-12)28(25,26)22-14-5-3-13(4-6-14)16-9-10-19(24)23(2)21-16/h3-11,22H,1-2H3. The van der Waals surface area contributed by atoms with E-state index in [9.17, 15) is 13.2 Å². The summed E-state index contributed by atoms with van der Waals surface area (Å²) >= 11 is 1.46. The van der Waals surface area contributed by atoms with E-state index in [2.05, 4.69) is 14.8 Å². The number of hydrogen-bond donors (Lipinski definition) is 1. The molecule has 4 rings (SSSR count). The van der Waals surface area contributed by atoms with Crippen molar-refractivity contribution >= 4 is 37.3 Å². The summed E-state index contributed by atoms with van der Waals surface area (Å²) in [6, 6.07) is 14.8. The third kappa shape index (κ3) is 3.54. The first kappa shape index (κ1) is 18.3. The van der Waals surface area contributed by atoms with E-state index in [1.165, 1.54) is 22.1 Å². The van der Waals surface area contributed by atoms with Gasteiger partial charge in [0.25, 0.3) is 15.6 Å². The maximum Gasteiger partial charge on any atom is 0.266 e. The van der Waals surface area contributed by atoms with Crippen molar-refractivity contribution in [2.75, 3.05) is 4.72 Å². The third-order valence-corrected chi connectivity index (χ3v) is 6.48. The fourth-order valence-electron chi connectivity index (χ4n) is 2.77. The van der Waals surface area contributed by atoms with Crippen LogP contribution in [0.5, 0.6) is 0 Å². The molecule has 2 heterocycles. The highest BCUT2D eigenvalue weighted by Gasteiger charge is 2.16. The van der Waals surface area contributed by atoms with Crippen molar-refractivity contribution in [1.29, 1.82) is 0 Å². The van der Waals surface area contributed by atoms with Gasteiger partial charge in [0.2, 0.25) is 0 Å². The van der Waals surface area contributed by atoms with Gasteiger partial charge in [-0.05, 0) is 43.3 Å². The number of fused-ring (bicyclic) bond motifs is 1. The number of sulfonamides is 1. The monoisotopic (exact) mass is 412 g/mol. The summed E-state index contributed by atoms with van der Waals surface area (Å²) in [5.41, 5.74) is 2.44. The second-order valence-electron chi connectivity index (χ2n) is 6.23. The van der Waals surface area contributed by atoms with Gasteiger partial charge in [0, 0.05) is 24.4 Å². The number of rotatable bonds is 4. The van der Waals surface area contributed by atoms with Gasteiger partial charge in [0.15, 0.2) is 0 Å². The summed E-state index contributed by atoms with van der Waals surface area (Å²) in [7, 11) is -2.14. The van der Waals surface area contributed by atoms with Gasteiger partial charge < -0.3 is 0 Å². The lowest BCUT2D eigenvalue weighted by molar-refractivity contribution is 0.601. The number of aryl methyl sites for hydroxylation is 2. The second-order valence-corrected chi connectivity index (χ2v) is 9.14. The quantitative estimate of drug-likeness (QED) is 0.556. The summed E-state index contributed by atoms with van der Waals surface area (Å²) in [5.74, 6) is 0. The lowest BCUT2D eigenvalue weighted by atomic mass is 10.1. The molecule has 0 saturated heterocycles. The molecule has 0 fully saturated rings. The summed E-state index contributed by atoms with van der Waals surface area (Å²) in [4.78, 5) is 16.0. The van der Waals surface area contributed by atoms with E-state index in [0.717, 1.165) is 20.8 Å². The van der Waals surface area contributed by atoms with E-state index in [4.69, 9.17) is 0 Å². The van der Waals surface area contributed by atoms with Crippen LogP contribution in [0.3, 0.4) is 0 Å². The lowest BCUT2D eigenvalue weighted by Gasteiger charge is -2.09. The van der Waals surface area contributed by atoms with Crippen LogP contribution in [-0.2, 0) is 17.1 Å². The highest BCUT2D eigenvalue weighted by atomic mass is 32.2. The molecule has 0 aliphatic rings. The van der Waals surface area contributed by atoms with Crippen LogP contribution in [-0.4, -0.2) is 23.2 Å². The molecular weight excluding hydrogens is 396 g/mol. The van der Waals surface area contributed by atoms with Crippen molar-refractivity contribution in [3.8, 4) is 11.3 Å². The molecule has 2 aromatic heterocycles. The smallest absolute Gasteiger partial charge is 0.266 e. The molecule has 0 unspecified atom stereocenters. The minimum Gasteiger partial charge on any atom is -0.280 e. The van der Waals surface area contributed by atoms with Crippen LogP contribution in [0.4, 0.5) is 5.69 Å². The maximum atomic E-state index is 12.7. The molecule has 0 amide bonds. The molecule has 0 atom stereocenters. The maximum absolute atomic E-state index is 12.7. The number of nitrogens with one attached hydrogen (secondary N) is 1. The van der Waals surface area contributed by atoms with Crippen LogP contribution in [0.25, 0.3) is 21.5 Å². The fourth-order valence-corrected chi connectivity index (χ4v) is 4.79. The molecule has 0 radical (unpaired) electrons. The van der Waals surface area contributed by atoms with Gasteiger partial charge in [-0.2, -0.15) is 5.10 Å². The Morgan fingerprint density at radius 1 is 1.04 bits per heavy atom. The highest BCUT2D eigenvalue weighted by Crippen LogP contribution is 2.26. The Morgan fingerprint density at radius 3 is 2.50 bits per heavy atom. The number of nitrogens with zero attached hydrogens (tertiary/aromatic N) is 3. The average Bonchev–Trinajstić information content (AvgIpc) is 3.03. The number of anilines is 1. The number of aromatic nitrogens is 3. The topological polar surface area (TPSA) is 94.0 Å². The fraction of sp³-hybridized carbons (Fsp3) is 0.105. The van der Waals surface area contributed by atoms with E-state index in [-0.39, 0.29) is 10.5 Å². The van der Waals surface area contributed by atoms with Gasteiger partial charge >= 0.3 is 0 Å².